The summed E-state index contributed by atoms with van der Waals surface area (Å²) >= 11 is 0. The standard InChI is InChI=1S/C24H35N5O4/c1-18-14-29(15-19(2)32-18)25-13-20-4-6-21(7-5-20)23-12-22(33-26-23)16-27-8-3-9-28(11-10-27)17-24(30)31/h4-7,13,18-19,22H,3,8-12,14-17H2,1-2H3,(H,30,31). The fraction of sp³-hybridized carbons (Fsp3) is 0.625. The summed E-state index contributed by atoms with van der Waals surface area (Å²) in [6.07, 6.45) is 4.08. The van der Waals surface area contributed by atoms with Gasteiger partial charge in [0.25, 0.3) is 0 Å². The number of morpholine rings is 1. The lowest BCUT2D eigenvalue weighted by molar-refractivity contribution is -0.138. The summed E-state index contributed by atoms with van der Waals surface area (Å²) in [5.41, 5.74) is 3.10. The van der Waals surface area contributed by atoms with Gasteiger partial charge in [-0.05, 0) is 37.9 Å². The molecule has 9 heteroatoms. The molecule has 0 bridgehead atoms. The lowest BCUT2D eigenvalue weighted by atomic mass is 10.0. The number of aliphatic carboxylic acids is 1. The molecule has 0 spiro atoms. The third kappa shape index (κ3) is 6.99. The van der Waals surface area contributed by atoms with Crippen LogP contribution in [0.15, 0.2) is 34.5 Å². The van der Waals surface area contributed by atoms with E-state index in [2.05, 4.69) is 58.3 Å². The van der Waals surface area contributed by atoms with E-state index in [0.717, 1.165) is 75.5 Å². The highest BCUT2D eigenvalue weighted by Gasteiger charge is 2.26. The minimum atomic E-state index is -0.761. The molecule has 1 aromatic rings. The second kappa shape index (κ2) is 11.1. The van der Waals surface area contributed by atoms with Crippen LogP contribution < -0.4 is 0 Å². The lowest BCUT2D eigenvalue weighted by Crippen LogP contribution is -2.42. The molecular weight excluding hydrogens is 422 g/mol. The van der Waals surface area contributed by atoms with Crippen LogP contribution in [0.5, 0.6) is 0 Å². The number of carboxylic acid groups (broad SMARTS) is 1. The molecule has 180 valence electrons. The van der Waals surface area contributed by atoms with Crippen molar-refractivity contribution < 1.29 is 19.5 Å². The van der Waals surface area contributed by atoms with Crippen LogP contribution in [0.1, 0.15) is 37.8 Å². The van der Waals surface area contributed by atoms with Crippen LogP contribution in [0.3, 0.4) is 0 Å². The van der Waals surface area contributed by atoms with Gasteiger partial charge in [0.2, 0.25) is 0 Å². The normalized spacial score (nSPS) is 27.4. The molecule has 0 amide bonds. The number of nitrogens with zero attached hydrogens (tertiary/aromatic N) is 5. The highest BCUT2D eigenvalue weighted by atomic mass is 16.6. The highest BCUT2D eigenvalue weighted by Crippen LogP contribution is 2.19. The first-order valence-corrected chi connectivity index (χ1v) is 11.9. The van der Waals surface area contributed by atoms with Crippen molar-refractivity contribution in [1.29, 1.82) is 0 Å². The Morgan fingerprint density at radius 3 is 2.55 bits per heavy atom. The van der Waals surface area contributed by atoms with Gasteiger partial charge in [-0.25, -0.2) is 0 Å². The fourth-order valence-electron chi connectivity index (χ4n) is 4.70. The van der Waals surface area contributed by atoms with E-state index in [1.165, 1.54) is 0 Å². The Labute approximate surface area is 195 Å². The maximum absolute atomic E-state index is 11.0. The van der Waals surface area contributed by atoms with Gasteiger partial charge in [0.15, 0.2) is 0 Å². The molecule has 4 rings (SSSR count). The van der Waals surface area contributed by atoms with Gasteiger partial charge < -0.3 is 14.7 Å². The Balaban J connectivity index is 1.24. The number of benzene rings is 1. The molecule has 0 radical (unpaired) electrons. The minimum Gasteiger partial charge on any atom is -0.480 e. The predicted molar refractivity (Wildman–Crippen MR) is 127 cm³/mol. The molecule has 33 heavy (non-hydrogen) atoms. The van der Waals surface area contributed by atoms with E-state index in [-0.39, 0.29) is 24.9 Å². The largest absolute Gasteiger partial charge is 0.480 e. The number of hydrazone groups is 1. The van der Waals surface area contributed by atoms with Crippen LogP contribution in [-0.2, 0) is 14.4 Å². The molecular formula is C24H35N5O4. The van der Waals surface area contributed by atoms with Crippen molar-refractivity contribution in [2.24, 2.45) is 10.3 Å². The molecule has 2 saturated heterocycles. The zero-order valence-electron chi connectivity index (χ0n) is 19.6. The summed E-state index contributed by atoms with van der Waals surface area (Å²) in [5, 5.41) is 20.0. The predicted octanol–water partition coefficient (Wildman–Crippen LogP) is 1.72. The van der Waals surface area contributed by atoms with Gasteiger partial charge >= 0.3 is 5.97 Å². The quantitative estimate of drug-likeness (QED) is 0.624. The summed E-state index contributed by atoms with van der Waals surface area (Å²) in [5.74, 6) is -0.761. The van der Waals surface area contributed by atoms with Crippen molar-refractivity contribution in [3.05, 3.63) is 35.4 Å². The van der Waals surface area contributed by atoms with E-state index in [4.69, 9.17) is 14.7 Å². The number of oxime groups is 1. The average Bonchev–Trinajstić information content (AvgIpc) is 3.12. The number of hydrogen-bond acceptors (Lipinski definition) is 8. The smallest absolute Gasteiger partial charge is 0.317 e. The lowest BCUT2D eigenvalue weighted by Gasteiger charge is -2.33. The average molecular weight is 458 g/mol. The molecule has 0 saturated carbocycles. The Morgan fingerprint density at radius 1 is 1.12 bits per heavy atom. The molecule has 3 heterocycles. The van der Waals surface area contributed by atoms with Crippen molar-refractivity contribution in [2.75, 3.05) is 52.4 Å². The van der Waals surface area contributed by atoms with Crippen LogP contribution in [-0.4, -0.2) is 108 Å². The zero-order chi connectivity index (χ0) is 23.2. The maximum atomic E-state index is 11.0. The highest BCUT2D eigenvalue weighted by molar-refractivity contribution is 6.01. The maximum Gasteiger partial charge on any atom is 0.317 e. The number of carboxylic acids is 1. The molecule has 1 N–H and O–H groups in total. The van der Waals surface area contributed by atoms with Gasteiger partial charge in [0.05, 0.1) is 43.8 Å². The van der Waals surface area contributed by atoms with E-state index in [1.807, 2.05) is 11.1 Å². The SMILES string of the molecule is CC1CN(N=Cc2ccc(C3=NOC(CN4CCCN(CC(=O)O)CC4)C3)cc2)CC(C)O1. The topological polar surface area (TPSA) is 90.2 Å². The van der Waals surface area contributed by atoms with Gasteiger partial charge in [-0.1, -0.05) is 29.4 Å². The van der Waals surface area contributed by atoms with Crippen LogP contribution in [0.25, 0.3) is 0 Å². The van der Waals surface area contributed by atoms with Crippen molar-refractivity contribution in [1.82, 2.24) is 14.8 Å². The van der Waals surface area contributed by atoms with E-state index in [1.54, 1.807) is 0 Å². The summed E-state index contributed by atoms with van der Waals surface area (Å²) in [7, 11) is 0. The summed E-state index contributed by atoms with van der Waals surface area (Å²) in [4.78, 5) is 21.0. The first-order valence-electron chi connectivity index (χ1n) is 11.9. The van der Waals surface area contributed by atoms with Crippen molar-refractivity contribution in [2.45, 2.75) is 45.0 Å². The van der Waals surface area contributed by atoms with Crippen LogP contribution in [0.2, 0.25) is 0 Å². The van der Waals surface area contributed by atoms with E-state index in [9.17, 15) is 4.79 Å². The van der Waals surface area contributed by atoms with Crippen molar-refractivity contribution >= 4 is 17.9 Å². The van der Waals surface area contributed by atoms with Gasteiger partial charge in [-0.15, -0.1) is 0 Å². The van der Waals surface area contributed by atoms with Crippen molar-refractivity contribution in [3.63, 3.8) is 0 Å². The fourth-order valence-corrected chi connectivity index (χ4v) is 4.70. The summed E-state index contributed by atoms with van der Waals surface area (Å²) < 4.78 is 5.76. The number of hydrogen-bond donors (Lipinski definition) is 1. The van der Waals surface area contributed by atoms with Crippen LogP contribution in [0, 0.1) is 0 Å². The molecule has 3 atom stereocenters. The third-order valence-electron chi connectivity index (χ3n) is 6.25. The van der Waals surface area contributed by atoms with Gasteiger partial charge in [-0.2, -0.15) is 5.10 Å². The molecule has 9 nitrogen and oxygen atoms in total. The Hall–Kier alpha value is -2.49. The Bertz CT molecular complexity index is 849. The first kappa shape index (κ1) is 23.7. The van der Waals surface area contributed by atoms with E-state index in [0.29, 0.717) is 0 Å². The number of carbonyl (C=O) groups is 1. The molecule has 3 unspecified atom stereocenters. The zero-order valence-corrected chi connectivity index (χ0v) is 19.6. The summed E-state index contributed by atoms with van der Waals surface area (Å²) in [6, 6.07) is 8.28. The van der Waals surface area contributed by atoms with E-state index >= 15 is 0 Å². The van der Waals surface area contributed by atoms with Crippen LogP contribution in [0.4, 0.5) is 0 Å². The summed E-state index contributed by atoms with van der Waals surface area (Å²) in [6.45, 7) is 10.1. The Kier molecular flexibility index (Phi) is 7.95. The van der Waals surface area contributed by atoms with Gasteiger partial charge in [0, 0.05) is 32.6 Å². The molecule has 2 fully saturated rings. The molecule has 3 aliphatic rings. The van der Waals surface area contributed by atoms with Gasteiger partial charge in [0.1, 0.15) is 6.10 Å². The molecule has 3 aliphatic heterocycles. The molecule has 1 aromatic carbocycles. The van der Waals surface area contributed by atoms with Gasteiger partial charge in [-0.3, -0.25) is 19.6 Å². The first-order chi connectivity index (χ1) is 15.9. The third-order valence-corrected chi connectivity index (χ3v) is 6.25. The number of rotatable bonds is 7. The van der Waals surface area contributed by atoms with Crippen molar-refractivity contribution in [3.8, 4) is 0 Å². The second-order valence-electron chi connectivity index (χ2n) is 9.29. The minimum absolute atomic E-state index is 0.0394. The molecule has 0 aliphatic carbocycles. The monoisotopic (exact) mass is 457 g/mol. The molecule has 0 aromatic heterocycles. The Morgan fingerprint density at radius 2 is 1.82 bits per heavy atom. The van der Waals surface area contributed by atoms with E-state index < -0.39 is 5.97 Å². The number of ether oxygens (including phenoxy) is 1. The van der Waals surface area contributed by atoms with Crippen LogP contribution >= 0.6 is 0 Å². The second-order valence-corrected chi connectivity index (χ2v) is 9.29.